The zero-order chi connectivity index (χ0) is 13.9. The lowest BCUT2D eigenvalue weighted by molar-refractivity contribution is 0.0149. The Labute approximate surface area is 120 Å². The molecule has 4 nitrogen and oxygen atoms in total. The number of aryl methyl sites for hydroxylation is 2. The van der Waals surface area contributed by atoms with Gasteiger partial charge < -0.3 is 10.1 Å². The first-order valence-electron chi connectivity index (χ1n) is 7.06. The summed E-state index contributed by atoms with van der Waals surface area (Å²) in [6, 6.07) is 0. The molecule has 2 rings (SSSR count). The van der Waals surface area contributed by atoms with Crippen molar-refractivity contribution >= 4 is 11.6 Å². The van der Waals surface area contributed by atoms with Crippen LogP contribution in [0.1, 0.15) is 31.2 Å². The van der Waals surface area contributed by atoms with Crippen molar-refractivity contribution in [2.45, 2.75) is 39.7 Å². The molecule has 1 aliphatic rings. The Hall–Kier alpha value is -0.580. The summed E-state index contributed by atoms with van der Waals surface area (Å²) in [7, 11) is 2.02. The Bertz CT molecular complexity index is 419. The number of hydrogen-bond donors (Lipinski definition) is 1. The highest BCUT2D eigenvalue weighted by molar-refractivity contribution is 6.31. The van der Waals surface area contributed by atoms with Gasteiger partial charge in [0, 0.05) is 26.3 Å². The van der Waals surface area contributed by atoms with E-state index in [-0.39, 0.29) is 5.41 Å². The third kappa shape index (κ3) is 3.12. The van der Waals surface area contributed by atoms with Crippen molar-refractivity contribution in [2.24, 2.45) is 5.41 Å². The molecule has 1 aromatic rings. The molecule has 0 spiro atoms. The smallest absolute Gasteiger partial charge is 0.0847 e. The summed E-state index contributed by atoms with van der Waals surface area (Å²) in [5.74, 6) is 0. The topological polar surface area (TPSA) is 39.1 Å². The van der Waals surface area contributed by atoms with E-state index in [1.165, 1.54) is 5.69 Å². The van der Waals surface area contributed by atoms with Gasteiger partial charge in [-0.05, 0) is 45.6 Å². The molecule has 1 saturated heterocycles. The second kappa shape index (κ2) is 6.25. The summed E-state index contributed by atoms with van der Waals surface area (Å²) in [6.45, 7) is 7.65. The van der Waals surface area contributed by atoms with Gasteiger partial charge in [-0.1, -0.05) is 11.6 Å². The lowest BCUT2D eigenvalue weighted by Gasteiger charge is -2.37. The molecule has 0 amide bonds. The van der Waals surface area contributed by atoms with Gasteiger partial charge in [0.05, 0.1) is 16.4 Å². The normalized spacial score (nSPS) is 18.7. The minimum absolute atomic E-state index is 0.246. The highest BCUT2D eigenvalue weighted by Crippen LogP contribution is 2.36. The average Bonchev–Trinajstić information content (AvgIpc) is 2.68. The quantitative estimate of drug-likeness (QED) is 0.903. The van der Waals surface area contributed by atoms with E-state index in [0.29, 0.717) is 0 Å². The molecule has 2 heterocycles. The van der Waals surface area contributed by atoms with Gasteiger partial charge in [-0.15, -0.1) is 0 Å². The first-order valence-corrected chi connectivity index (χ1v) is 7.44. The van der Waals surface area contributed by atoms with E-state index in [9.17, 15) is 0 Å². The summed E-state index contributed by atoms with van der Waals surface area (Å²) in [6.07, 6.45) is 3.14. The summed E-state index contributed by atoms with van der Waals surface area (Å²) in [4.78, 5) is 0. The number of aromatic nitrogens is 2. The fraction of sp³-hybridized carbons (Fsp3) is 0.786. The van der Waals surface area contributed by atoms with Crippen LogP contribution >= 0.6 is 11.6 Å². The zero-order valence-corrected chi connectivity index (χ0v) is 12.9. The van der Waals surface area contributed by atoms with E-state index in [1.807, 2.05) is 18.7 Å². The zero-order valence-electron chi connectivity index (χ0n) is 12.1. The van der Waals surface area contributed by atoms with Gasteiger partial charge in [0.1, 0.15) is 0 Å². The van der Waals surface area contributed by atoms with Gasteiger partial charge in [-0.2, -0.15) is 5.10 Å². The van der Waals surface area contributed by atoms with Crippen LogP contribution in [0.15, 0.2) is 0 Å². The Morgan fingerprint density at radius 1 is 1.42 bits per heavy atom. The lowest BCUT2D eigenvalue weighted by atomic mass is 9.76. The van der Waals surface area contributed by atoms with Gasteiger partial charge in [0.15, 0.2) is 0 Å². The maximum Gasteiger partial charge on any atom is 0.0847 e. The fourth-order valence-electron chi connectivity index (χ4n) is 2.99. The number of halogens is 1. The molecule has 0 bridgehead atoms. The van der Waals surface area contributed by atoms with Crippen molar-refractivity contribution in [3.8, 4) is 0 Å². The summed E-state index contributed by atoms with van der Waals surface area (Å²) in [5, 5.41) is 8.69. The molecule has 0 aliphatic carbocycles. The Morgan fingerprint density at radius 2 is 2.11 bits per heavy atom. The predicted octanol–water partition coefficient (Wildman–Crippen LogP) is 2.42. The van der Waals surface area contributed by atoms with E-state index in [4.69, 9.17) is 16.3 Å². The molecule has 0 atom stereocenters. The highest BCUT2D eigenvalue weighted by Gasteiger charge is 2.34. The second-order valence-electron chi connectivity index (χ2n) is 5.48. The van der Waals surface area contributed by atoms with Gasteiger partial charge in [0.25, 0.3) is 0 Å². The van der Waals surface area contributed by atoms with E-state index >= 15 is 0 Å². The molecule has 0 radical (unpaired) electrons. The molecule has 19 heavy (non-hydrogen) atoms. The van der Waals surface area contributed by atoms with Crippen LogP contribution in [0.3, 0.4) is 0 Å². The maximum absolute atomic E-state index is 6.44. The summed E-state index contributed by atoms with van der Waals surface area (Å²) < 4.78 is 7.56. The van der Waals surface area contributed by atoms with E-state index < -0.39 is 0 Å². The number of rotatable bonds is 5. The van der Waals surface area contributed by atoms with E-state index in [0.717, 1.165) is 56.3 Å². The molecule has 5 heteroatoms. The minimum atomic E-state index is 0.246. The van der Waals surface area contributed by atoms with Crippen LogP contribution in [-0.4, -0.2) is 36.6 Å². The van der Waals surface area contributed by atoms with E-state index in [1.54, 1.807) is 0 Å². The minimum Gasteiger partial charge on any atom is -0.381 e. The van der Waals surface area contributed by atoms with Crippen LogP contribution in [0.4, 0.5) is 0 Å². The SMILES string of the molecule is CCn1nc(C)c(Cl)c1CC1(CNC)CCOCC1. The first-order chi connectivity index (χ1) is 9.12. The van der Waals surface area contributed by atoms with Crippen LogP contribution in [-0.2, 0) is 17.7 Å². The highest BCUT2D eigenvalue weighted by atomic mass is 35.5. The van der Waals surface area contributed by atoms with Crippen molar-refractivity contribution in [3.63, 3.8) is 0 Å². The van der Waals surface area contributed by atoms with Crippen molar-refractivity contribution in [3.05, 3.63) is 16.4 Å². The number of nitrogens with zero attached hydrogens (tertiary/aromatic N) is 2. The molecular formula is C14H24ClN3O. The maximum atomic E-state index is 6.44. The van der Waals surface area contributed by atoms with Crippen LogP contribution in [0.25, 0.3) is 0 Å². The standard InChI is InChI=1S/C14H24ClN3O/c1-4-18-12(13(15)11(2)17-18)9-14(10-16-3)5-7-19-8-6-14/h16H,4-10H2,1-3H3. The number of nitrogens with one attached hydrogen (secondary N) is 1. The largest absolute Gasteiger partial charge is 0.381 e. The average molecular weight is 286 g/mol. The van der Waals surface area contributed by atoms with Crippen LogP contribution in [0.2, 0.25) is 5.02 Å². The molecule has 1 N–H and O–H groups in total. The summed E-state index contributed by atoms with van der Waals surface area (Å²) in [5.41, 5.74) is 2.36. The van der Waals surface area contributed by atoms with Crippen LogP contribution in [0.5, 0.6) is 0 Å². The third-order valence-corrected chi connectivity index (χ3v) is 4.59. The van der Waals surface area contributed by atoms with Gasteiger partial charge in [0.2, 0.25) is 0 Å². The van der Waals surface area contributed by atoms with Crippen molar-refractivity contribution in [1.29, 1.82) is 0 Å². The molecule has 1 aromatic heterocycles. The molecule has 1 aliphatic heterocycles. The molecule has 1 fully saturated rings. The molecule has 0 unspecified atom stereocenters. The second-order valence-corrected chi connectivity index (χ2v) is 5.86. The molecule has 0 aromatic carbocycles. The fourth-order valence-corrected chi connectivity index (χ4v) is 3.19. The van der Waals surface area contributed by atoms with Crippen molar-refractivity contribution in [1.82, 2.24) is 15.1 Å². The summed E-state index contributed by atoms with van der Waals surface area (Å²) >= 11 is 6.44. The number of hydrogen-bond acceptors (Lipinski definition) is 3. The predicted molar refractivity (Wildman–Crippen MR) is 77.8 cm³/mol. The van der Waals surface area contributed by atoms with Crippen molar-refractivity contribution < 1.29 is 4.74 Å². The Kier molecular flexibility index (Phi) is 4.87. The third-order valence-electron chi connectivity index (χ3n) is 4.10. The first kappa shape index (κ1) is 14.8. The molecule has 0 saturated carbocycles. The Balaban J connectivity index is 2.26. The van der Waals surface area contributed by atoms with Crippen molar-refractivity contribution in [2.75, 3.05) is 26.8 Å². The van der Waals surface area contributed by atoms with Crippen LogP contribution < -0.4 is 5.32 Å². The molecular weight excluding hydrogens is 262 g/mol. The molecule has 108 valence electrons. The van der Waals surface area contributed by atoms with Gasteiger partial charge in [-0.25, -0.2) is 0 Å². The Morgan fingerprint density at radius 3 is 2.68 bits per heavy atom. The van der Waals surface area contributed by atoms with E-state index in [2.05, 4.69) is 17.3 Å². The lowest BCUT2D eigenvalue weighted by Crippen LogP contribution is -2.40. The van der Waals surface area contributed by atoms with Gasteiger partial charge in [-0.3, -0.25) is 4.68 Å². The number of ether oxygens (including phenoxy) is 1. The monoisotopic (exact) mass is 285 g/mol. The van der Waals surface area contributed by atoms with Gasteiger partial charge >= 0.3 is 0 Å². The van der Waals surface area contributed by atoms with Crippen LogP contribution in [0, 0.1) is 12.3 Å².